The summed E-state index contributed by atoms with van der Waals surface area (Å²) >= 11 is 0. The van der Waals surface area contributed by atoms with Crippen LogP contribution in [0.25, 0.3) is 0 Å². The molecule has 0 rings (SSSR count). The number of likely N-dealkylation sites (N-methyl/N-ethyl adjacent to an activating group) is 1. The Morgan fingerprint density at radius 3 is 1.10 bits per heavy atom. The maximum absolute atomic E-state index is 10.3. The highest BCUT2D eigenvalue weighted by Gasteiger charge is 2.33. The lowest BCUT2D eigenvalue weighted by Crippen LogP contribution is -2.50. The molecule has 0 aromatic rings. The molecule has 0 radical (unpaired) electrons. The van der Waals surface area contributed by atoms with Crippen LogP contribution in [0, 0.1) is 0 Å². The van der Waals surface area contributed by atoms with Crippen LogP contribution < -0.4 is 28.7 Å². The van der Waals surface area contributed by atoms with Crippen LogP contribution in [0.1, 0.15) is 20.8 Å². The van der Waals surface area contributed by atoms with Crippen molar-refractivity contribution in [1.29, 1.82) is 0 Å². The van der Waals surface area contributed by atoms with Crippen LogP contribution in [0.5, 0.6) is 0 Å². The molecule has 0 saturated heterocycles. The summed E-state index contributed by atoms with van der Waals surface area (Å²) in [5.74, 6) is -2.45. The first-order valence-corrected chi connectivity index (χ1v) is 11.7. The second kappa shape index (κ2) is 23.1. The third kappa shape index (κ3) is 25.1. The molecule has 39 heavy (non-hydrogen) atoms. The van der Waals surface area contributed by atoms with Gasteiger partial charge in [0.15, 0.2) is 12.2 Å². The average Bonchev–Trinajstić information content (AvgIpc) is 2.84. The number of carbonyl (C=O) groups is 2. The van der Waals surface area contributed by atoms with Crippen molar-refractivity contribution in [2.75, 3.05) is 40.4 Å². The Kier molecular flexibility index (Phi) is 26.3. The molecule has 9 atom stereocenters. The van der Waals surface area contributed by atoms with E-state index in [9.17, 15) is 9.59 Å². The quantitative estimate of drug-likeness (QED) is 0.0960. The van der Waals surface area contributed by atoms with E-state index in [1.807, 2.05) is 34.9 Å². The maximum atomic E-state index is 10.3. The Bertz CT molecular complexity index is 583. The number of aliphatic hydroxyl groups is 10. The van der Waals surface area contributed by atoms with E-state index in [0.29, 0.717) is 12.6 Å². The van der Waals surface area contributed by atoms with Crippen molar-refractivity contribution < 1.29 is 60.7 Å². The monoisotopic (exact) mass is 580 g/mol. The van der Waals surface area contributed by atoms with E-state index >= 15 is 0 Å². The van der Waals surface area contributed by atoms with Crippen molar-refractivity contribution in [3.8, 4) is 0 Å². The zero-order valence-electron chi connectivity index (χ0n) is 23.1. The first kappa shape index (κ1) is 44.4. The SMILES string of the molecule is CC(C)(N)CN.CC(N)CN(C)C.NC(=O)[C@H](O)[C@@H](O)[C@H](O)[C@H](O)CO.NC(=O)[C@H](O)[C@@H](O)[C@H](O)[C@H](O)CO. The van der Waals surface area contributed by atoms with Crippen molar-refractivity contribution >= 4 is 11.8 Å². The van der Waals surface area contributed by atoms with Crippen LogP contribution >= 0.6 is 0 Å². The Morgan fingerprint density at radius 1 is 0.744 bits per heavy atom. The summed E-state index contributed by atoms with van der Waals surface area (Å²) in [7, 11) is 4.03. The smallest absolute Gasteiger partial charge is 0.249 e. The Balaban J connectivity index is -0.000000221. The molecular weight excluding hydrogens is 528 g/mol. The Morgan fingerprint density at radius 2 is 1.00 bits per heavy atom. The topological polar surface area (TPSA) is 370 Å². The minimum absolute atomic E-state index is 0.181. The molecule has 0 heterocycles. The lowest BCUT2D eigenvalue weighted by Gasteiger charge is -2.23. The van der Waals surface area contributed by atoms with Gasteiger partial charge in [0.1, 0.15) is 36.6 Å². The van der Waals surface area contributed by atoms with Crippen molar-refractivity contribution in [3.05, 3.63) is 0 Å². The van der Waals surface area contributed by atoms with E-state index in [-0.39, 0.29) is 5.54 Å². The van der Waals surface area contributed by atoms with Gasteiger partial charge in [-0.1, -0.05) is 0 Å². The second-order valence-electron chi connectivity index (χ2n) is 9.59. The fourth-order valence-electron chi connectivity index (χ4n) is 1.96. The predicted octanol–water partition coefficient (Wildman–Crippen LogP) is -8.61. The highest BCUT2D eigenvalue weighted by atomic mass is 16.4. The summed E-state index contributed by atoms with van der Waals surface area (Å²) in [5, 5.41) is 87.9. The number of nitrogens with two attached hydrogens (primary N) is 5. The third-order valence-corrected chi connectivity index (χ3v) is 4.27. The average molecular weight is 581 g/mol. The standard InChI is InChI=1S/2C6H13NO6.C5H14N2.C4H12N2/c2*7-6(13)5(12)4(11)3(10)2(9)1-8;1-5(6)4-7(2)3;1-4(2,6)3-5/h2*2-5,8-12H,1H2,(H2,7,13);5H,4,6H2,1-3H3;3,5-6H2,1-2H3/t2*2-,3-,4+,5-;;/m11../s1. The number of nitrogens with zero attached hydrogens (tertiary/aromatic N) is 1. The van der Waals surface area contributed by atoms with Gasteiger partial charge in [-0.3, -0.25) is 9.59 Å². The highest BCUT2D eigenvalue weighted by molar-refractivity contribution is 5.79. The summed E-state index contributed by atoms with van der Waals surface area (Å²) in [5.41, 5.74) is 25.1. The van der Waals surface area contributed by atoms with Gasteiger partial charge in [0.05, 0.1) is 13.2 Å². The lowest BCUT2D eigenvalue weighted by atomic mass is 10.0. The molecule has 0 spiro atoms. The van der Waals surface area contributed by atoms with E-state index in [2.05, 4.69) is 16.4 Å². The molecule has 0 aromatic heterocycles. The Labute approximate surface area is 228 Å². The summed E-state index contributed by atoms with van der Waals surface area (Å²) in [4.78, 5) is 22.7. The molecule has 18 nitrogen and oxygen atoms in total. The second-order valence-corrected chi connectivity index (χ2v) is 9.59. The summed E-state index contributed by atoms with van der Waals surface area (Å²) < 4.78 is 0. The predicted molar refractivity (Wildman–Crippen MR) is 140 cm³/mol. The van der Waals surface area contributed by atoms with Crippen molar-refractivity contribution in [2.24, 2.45) is 28.7 Å². The van der Waals surface area contributed by atoms with E-state index < -0.39 is 73.9 Å². The van der Waals surface area contributed by atoms with Crippen LogP contribution in [0.15, 0.2) is 0 Å². The van der Waals surface area contributed by atoms with E-state index in [1.165, 1.54) is 0 Å². The fourth-order valence-corrected chi connectivity index (χ4v) is 1.96. The van der Waals surface area contributed by atoms with E-state index in [1.54, 1.807) is 0 Å². The number of carbonyl (C=O) groups excluding carboxylic acids is 2. The van der Waals surface area contributed by atoms with Gasteiger partial charge < -0.3 is 84.6 Å². The van der Waals surface area contributed by atoms with Gasteiger partial charge in [0.25, 0.3) is 0 Å². The number of amides is 2. The first-order chi connectivity index (χ1) is 17.5. The summed E-state index contributed by atoms with van der Waals surface area (Å²) in [6, 6.07) is 0.301. The van der Waals surface area contributed by atoms with Gasteiger partial charge >= 0.3 is 0 Å². The van der Waals surface area contributed by atoms with Crippen LogP contribution in [0.4, 0.5) is 0 Å². The number of hydrogen-bond acceptors (Lipinski definition) is 16. The number of aliphatic hydroxyl groups excluding tert-OH is 10. The van der Waals surface area contributed by atoms with Gasteiger partial charge in [-0.25, -0.2) is 0 Å². The molecule has 18 heteroatoms. The Hall–Kier alpha value is -1.62. The molecule has 0 aliphatic heterocycles. The maximum Gasteiger partial charge on any atom is 0.249 e. The fraction of sp³-hybridized carbons (Fsp3) is 0.905. The van der Waals surface area contributed by atoms with Crippen LogP contribution in [-0.4, -0.2) is 169 Å². The van der Waals surface area contributed by atoms with Gasteiger partial charge in [0, 0.05) is 24.7 Å². The lowest BCUT2D eigenvalue weighted by molar-refractivity contribution is -0.146. The van der Waals surface area contributed by atoms with Gasteiger partial charge in [-0.05, 0) is 34.9 Å². The zero-order valence-corrected chi connectivity index (χ0v) is 23.1. The largest absolute Gasteiger partial charge is 0.394 e. The highest BCUT2D eigenvalue weighted by Crippen LogP contribution is 2.05. The first-order valence-electron chi connectivity index (χ1n) is 11.7. The molecule has 0 bridgehead atoms. The molecule has 1 unspecified atom stereocenters. The minimum atomic E-state index is -1.98. The van der Waals surface area contributed by atoms with E-state index in [4.69, 9.17) is 68.3 Å². The molecule has 0 fully saturated rings. The molecule has 0 aliphatic rings. The normalized spacial score (nSPS) is 18.1. The van der Waals surface area contributed by atoms with Gasteiger partial charge in [-0.2, -0.15) is 0 Å². The molecule has 238 valence electrons. The minimum Gasteiger partial charge on any atom is -0.394 e. The zero-order chi connectivity index (χ0) is 32.3. The van der Waals surface area contributed by atoms with E-state index in [0.717, 1.165) is 6.54 Å². The van der Waals surface area contributed by atoms with Gasteiger partial charge in [0.2, 0.25) is 11.8 Å². The summed E-state index contributed by atoms with van der Waals surface area (Å²) in [6.07, 6.45) is -14.7. The van der Waals surface area contributed by atoms with Crippen LogP contribution in [0.2, 0.25) is 0 Å². The third-order valence-electron chi connectivity index (χ3n) is 4.27. The van der Waals surface area contributed by atoms with Crippen molar-refractivity contribution in [2.45, 2.75) is 81.2 Å². The molecule has 0 aliphatic carbocycles. The number of primary amides is 2. The van der Waals surface area contributed by atoms with Crippen molar-refractivity contribution in [3.63, 3.8) is 0 Å². The van der Waals surface area contributed by atoms with Crippen molar-refractivity contribution in [1.82, 2.24) is 4.90 Å². The number of hydrogen-bond donors (Lipinski definition) is 15. The molecule has 20 N–H and O–H groups in total. The molecule has 0 aromatic carbocycles. The van der Waals surface area contributed by atoms with Gasteiger partial charge in [-0.15, -0.1) is 0 Å². The molecule has 0 saturated carbocycles. The molecule has 2 amide bonds. The molecular formula is C21H52N6O12. The number of rotatable bonds is 13. The summed E-state index contributed by atoms with van der Waals surface area (Å²) in [6.45, 7) is 5.71. The van der Waals surface area contributed by atoms with Crippen LogP contribution in [-0.2, 0) is 9.59 Å². The van der Waals surface area contributed by atoms with Crippen LogP contribution in [0.3, 0.4) is 0 Å².